The van der Waals surface area contributed by atoms with Crippen LogP contribution < -0.4 is 0 Å². The molecule has 1 aliphatic heterocycles. The Labute approximate surface area is 124 Å². The Morgan fingerprint density at radius 3 is 2.85 bits per heavy atom. The summed E-state index contributed by atoms with van der Waals surface area (Å²) in [6, 6.07) is 0. The number of thioether (sulfide) groups is 1. The van der Waals surface area contributed by atoms with Crippen LogP contribution in [0.5, 0.6) is 0 Å². The molecule has 0 radical (unpaired) electrons. The van der Waals surface area contributed by atoms with Gasteiger partial charge in [-0.1, -0.05) is 25.6 Å². The third-order valence-corrected chi connectivity index (χ3v) is 4.67. The van der Waals surface area contributed by atoms with Crippen LogP contribution in [0.4, 0.5) is 0 Å². The van der Waals surface area contributed by atoms with E-state index in [-0.39, 0.29) is 11.2 Å². The van der Waals surface area contributed by atoms with Crippen molar-refractivity contribution in [2.75, 3.05) is 13.1 Å². The van der Waals surface area contributed by atoms with Crippen LogP contribution in [0.3, 0.4) is 0 Å². The first kappa shape index (κ1) is 15.4. The third kappa shape index (κ3) is 3.98. The van der Waals surface area contributed by atoms with Crippen molar-refractivity contribution in [2.24, 2.45) is 5.92 Å². The number of aromatic amines is 1. The lowest BCUT2D eigenvalue weighted by molar-refractivity contribution is -0.131. The van der Waals surface area contributed by atoms with Crippen molar-refractivity contribution in [3.8, 4) is 0 Å². The largest absolute Gasteiger partial charge is 0.342 e. The van der Waals surface area contributed by atoms with Crippen molar-refractivity contribution in [3.63, 3.8) is 0 Å². The predicted molar refractivity (Wildman–Crippen MR) is 80.7 cm³/mol. The first-order chi connectivity index (χ1) is 9.60. The summed E-state index contributed by atoms with van der Waals surface area (Å²) >= 11 is 1.45. The SMILES string of the molecule is CCCc1nc(SC(C)C(=O)N2CCC(C)CC2)n[nH]1. The molecule has 1 saturated heterocycles. The molecule has 5 nitrogen and oxygen atoms in total. The number of rotatable bonds is 5. The van der Waals surface area contributed by atoms with Crippen molar-refractivity contribution in [1.29, 1.82) is 0 Å². The Balaban J connectivity index is 1.86. The van der Waals surface area contributed by atoms with Crippen molar-refractivity contribution in [3.05, 3.63) is 5.82 Å². The molecule has 1 atom stereocenters. The zero-order valence-electron chi connectivity index (χ0n) is 12.6. The van der Waals surface area contributed by atoms with Crippen molar-refractivity contribution < 1.29 is 4.79 Å². The van der Waals surface area contributed by atoms with Crippen LogP contribution in [-0.4, -0.2) is 44.3 Å². The second kappa shape index (κ2) is 7.11. The van der Waals surface area contributed by atoms with E-state index >= 15 is 0 Å². The second-order valence-corrected chi connectivity index (χ2v) is 6.89. The molecule has 112 valence electrons. The van der Waals surface area contributed by atoms with Crippen molar-refractivity contribution in [2.45, 2.75) is 56.9 Å². The Kier molecular flexibility index (Phi) is 5.46. The highest BCUT2D eigenvalue weighted by Crippen LogP contribution is 2.23. The number of carbonyl (C=O) groups is 1. The van der Waals surface area contributed by atoms with Gasteiger partial charge in [0.15, 0.2) is 0 Å². The summed E-state index contributed by atoms with van der Waals surface area (Å²) in [7, 11) is 0. The number of hydrogen-bond acceptors (Lipinski definition) is 4. The number of H-pyrrole nitrogens is 1. The zero-order chi connectivity index (χ0) is 14.5. The molecule has 1 aromatic heterocycles. The molecule has 1 aromatic rings. The normalized spacial score (nSPS) is 18.2. The standard InChI is InChI=1S/C14H24N4OS/c1-4-5-12-15-14(17-16-12)20-11(3)13(19)18-8-6-10(2)7-9-18/h10-11H,4-9H2,1-3H3,(H,15,16,17). The summed E-state index contributed by atoms with van der Waals surface area (Å²) in [4.78, 5) is 18.8. The molecule has 0 bridgehead atoms. The molecule has 1 fully saturated rings. The Morgan fingerprint density at radius 1 is 1.50 bits per heavy atom. The van der Waals surface area contributed by atoms with Gasteiger partial charge in [0.05, 0.1) is 5.25 Å². The highest BCUT2D eigenvalue weighted by atomic mass is 32.2. The fourth-order valence-electron chi connectivity index (χ4n) is 2.37. The average Bonchev–Trinajstić information content (AvgIpc) is 2.86. The lowest BCUT2D eigenvalue weighted by Gasteiger charge is -2.31. The van der Waals surface area contributed by atoms with E-state index in [1.165, 1.54) is 11.8 Å². The molecule has 0 spiro atoms. The number of piperidine rings is 1. The van der Waals surface area contributed by atoms with Gasteiger partial charge in [-0.15, -0.1) is 5.10 Å². The summed E-state index contributed by atoms with van der Waals surface area (Å²) < 4.78 is 0. The summed E-state index contributed by atoms with van der Waals surface area (Å²) in [5, 5.41) is 7.66. The zero-order valence-corrected chi connectivity index (χ0v) is 13.4. The lowest BCUT2D eigenvalue weighted by Crippen LogP contribution is -2.41. The fourth-order valence-corrected chi connectivity index (χ4v) is 3.20. The van der Waals surface area contributed by atoms with E-state index < -0.39 is 0 Å². The molecule has 1 amide bonds. The van der Waals surface area contributed by atoms with Crippen LogP contribution in [-0.2, 0) is 11.2 Å². The van der Waals surface area contributed by atoms with Crippen molar-refractivity contribution in [1.82, 2.24) is 20.1 Å². The van der Waals surface area contributed by atoms with Gasteiger partial charge in [-0.05, 0) is 32.1 Å². The number of nitrogens with one attached hydrogen (secondary N) is 1. The molecule has 2 rings (SSSR count). The summed E-state index contributed by atoms with van der Waals surface area (Å²) in [5.74, 6) is 1.86. The van der Waals surface area contributed by atoms with Crippen LogP contribution in [0.2, 0.25) is 0 Å². The maximum Gasteiger partial charge on any atom is 0.235 e. The maximum atomic E-state index is 12.4. The van der Waals surface area contributed by atoms with Gasteiger partial charge in [-0.2, -0.15) is 0 Å². The number of nitrogens with zero attached hydrogens (tertiary/aromatic N) is 3. The molecular weight excluding hydrogens is 272 g/mol. The minimum atomic E-state index is -0.117. The molecule has 2 heterocycles. The fraction of sp³-hybridized carbons (Fsp3) is 0.786. The molecule has 20 heavy (non-hydrogen) atoms. The highest BCUT2D eigenvalue weighted by Gasteiger charge is 2.25. The van der Waals surface area contributed by atoms with Gasteiger partial charge in [0.1, 0.15) is 5.82 Å². The van der Waals surface area contributed by atoms with E-state index in [1.807, 2.05) is 11.8 Å². The number of hydrogen-bond donors (Lipinski definition) is 1. The van der Waals surface area contributed by atoms with Gasteiger partial charge in [-0.3, -0.25) is 9.89 Å². The van der Waals surface area contributed by atoms with Crippen LogP contribution in [0.1, 0.15) is 45.9 Å². The Hall–Kier alpha value is -1.04. The number of carbonyl (C=O) groups excluding carboxylic acids is 1. The van der Waals surface area contributed by atoms with E-state index in [2.05, 4.69) is 29.0 Å². The topological polar surface area (TPSA) is 61.9 Å². The molecule has 1 N–H and O–H groups in total. The molecule has 0 saturated carbocycles. The predicted octanol–water partition coefficient (Wildman–Crippen LogP) is 2.50. The van der Waals surface area contributed by atoms with Gasteiger partial charge in [0.25, 0.3) is 0 Å². The van der Waals surface area contributed by atoms with Gasteiger partial charge < -0.3 is 4.90 Å². The van der Waals surface area contributed by atoms with Crippen LogP contribution in [0.25, 0.3) is 0 Å². The number of likely N-dealkylation sites (tertiary alicyclic amines) is 1. The number of amides is 1. The molecule has 0 aromatic carbocycles. The van der Waals surface area contributed by atoms with Crippen molar-refractivity contribution >= 4 is 17.7 Å². The monoisotopic (exact) mass is 296 g/mol. The highest BCUT2D eigenvalue weighted by molar-refractivity contribution is 8.00. The van der Waals surface area contributed by atoms with Gasteiger partial charge in [0, 0.05) is 19.5 Å². The second-order valence-electron chi connectivity index (χ2n) is 5.58. The number of aryl methyl sites for hydroxylation is 1. The third-order valence-electron chi connectivity index (χ3n) is 3.72. The summed E-state index contributed by atoms with van der Waals surface area (Å²) in [6.45, 7) is 8.09. The smallest absolute Gasteiger partial charge is 0.235 e. The van der Waals surface area contributed by atoms with E-state index in [0.717, 1.165) is 50.5 Å². The summed E-state index contributed by atoms with van der Waals surface area (Å²) in [5.41, 5.74) is 0. The first-order valence-corrected chi connectivity index (χ1v) is 8.34. The minimum absolute atomic E-state index is 0.117. The van der Waals surface area contributed by atoms with Gasteiger partial charge >= 0.3 is 0 Å². The van der Waals surface area contributed by atoms with Crippen LogP contribution in [0, 0.1) is 5.92 Å². The van der Waals surface area contributed by atoms with Crippen LogP contribution >= 0.6 is 11.8 Å². The molecule has 6 heteroatoms. The van der Waals surface area contributed by atoms with Gasteiger partial charge in [0.2, 0.25) is 11.1 Å². The average molecular weight is 296 g/mol. The lowest BCUT2D eigenvalue weighted by atomic mass is 9.99. The van der Waals surface area contributed by atoms with E-state index in [4.69, 9.17) is 0 Å². The van der Waals surface area contributed by atoms with E-state index in [1.54, 1.807) is 0 Å². The molecular formula is C14H24N4OS. The Bertz CT molecular complexity index is 440. The first-order valence-electron chi connectivity index (χ1n) is 7.46. The minimum Gasteiger partial charge on any atom is -0.342 e. The molecule has 1 aliphatic rings. The molecule has 1 unspecified atom stereocenters. The van der Waals surface area contributed by atoms with Gasteiger partial charge in [-0.25, -0.2) is 4.98 Å². The van der Waals surface area contributed by atoms with E-state index in [9.17, 15) is 4.79 Å². The Morgan fingerprint density at radius 2 is 2.20 bits per heavy atom. The van der Waals surface area contributed by atoms with E-state index in [0.29, 0.717) is 5.16 Å². The maximum absolute atomic E-state index is 12.4. The molecule has 0 aliphatic carbocycles. The van der Waals surface area contributed by atoms with Crippen LogP contribution in [0.15, 0.2) is 5.16 Å². The number of aromatic nitrogens is 3. The quantitative estimate of drug-likeness (QED) is 0.848. The summed E-state index contributed by atoms with van der Waals surface area (Å²) in [6.07, 6.45) is 4.18.